The van der Waals surface area contributed by atoms with Crippen LogP contribution in [0.15, 0.2) is 48.9 Å². The maximum atomic E-state index is 13.8. The van der Waals surface area contributed by atoms with E-state index in [1.807, 2.05) is 0 Å². The minimum Gasteiger partial charge on any atom is -0.497 e. The molecule has 3 aromatic rings. The first-order chi connectivity index (χ1) is 16.0. The molecule has 0 aliphatic heterocycles. The number of hydrogen-bond acceptors (Lipinski definition) is 11. The van der Waals surface area contributed by atoms with Gasteiger partial charge in [-0.05, 0) is 24.3 Å². The molecule has 2 radical (unpaired) electrons. The molecule has 0 bridgehead atoms. The number of ether oxygens (including phenoxy) is 2. The van der Waals surface area contributed by atoms with Gasteiger partial charge in [0.1, 0.15) is 23.9 Å². The van der Waals surface area contributed by atoms with Crippen molar-refractivity contribution in [2.24, 2.45) is 0 Å². The van der Waals surface area contributed by atoms with Gasteiger partial charge >= 0.3 is 5.97 Å². The number of halogens is 1. The average molecular weight is 472 g/mol. The molecular weight excluding hydrogens is 454 g/mol. The van der Waals surface area contributed by atoms with E-state index in [1.165, 1.54) is 50.0 Å². The quantitative estimate of drug-likeness (QED) is 0.152. The van der Waals surface area contributed by atoms with Crippen LogP contribution in [0, 0.1) is 5.82 Å². The van der Waals surface area contributed by atoms with Gasteiger partial charge < -0.3 is 29.9 Å². The largest absolute Gasteiger partial charge is 0.497 e. The second-order valence-corrected chi connectivity index (χ2v) is 6.79. The summed E-state index contributed by atoms with van der Waals surface area (Å²) < 4.78 is 23.4. The molecule has 2 aromatic heterocycles. The Hall–Kier alpha value is -3.69. The van der Waals surface area contributed by atoms with E-state index in [0.717, 1.165) is 6.07 Å². The van der Waals surface area contributed by atoms with Crippen molar-refractivity contribution in [3.63, 3.8) is 0 Å². The summed E-state index contributed by atoms with van der Waals surface area (Å²) in [4.78, 5) is 29.2. The number of carbonyl (C=O) groups is 1. The number of nitrogens with one attached hydrogen (secondary N) is 1. The lowest BCUT2D eigenvalue weighted by Crippen LogP contribution is -2.59. The molecule has 0 unspecified atom stereocenters. The minimum atomic E-state index is -3.53. The van der Waals surface area contributed by atoms with E-state index in [-0.39, 0.29) is 23.6 Å². The molecule has 14 heteroatoms. The second-order valence-electron chi connectivity index (χ2n) is 6.79. The number of benzene rings is 1. The Morgan fingerprint density at radius 3 is 2.56 bits per heavy atom. The van der Waals surface area contributed by atoms with Gasteiger partial charge in [-0.25, -0.2) is 19.8 Å². The van der Waals surface area contributed by atoms with Crippen molar-refractivity contribution < 1.29 is 43.9 Å². The third kappa shape index (κ3) is 6.00. The van der Waals surface area contributed by atoms with Crippen LogP contribution in [0.25, 0.3) is 11.3 Å². The second kappa shape index (κ2) is 10.1. The molecule has 1 amide bonds. The minimum absolute atomic E-state index is 0.123. The SMILES string of the molecule is [B]C(O)(O)C(O)(O)Oc1ccc(-c2cncc(C(=O)NOCc3cc(OC)ccc3F)n2)cn1. The molecule has 0 atom stereocenters. The van der Waals surface area contributed by atoms with Crippen molar-refractivity contribution in [3.05, 3.63) is 66.0 Å². The number of nitrogens with zero attached hydrogens (tertiary/aromatic N) is 3. The highest BCUT2D eigenvalue weighted by Crippen LogP contribution is 2.22. The van der Waals surface area contributed by atoms with Gasteiger partial charge in [-0.2, -0.15) is 0 Å². The van der Waals surface area contributed by atoms with Crippen LogP contribution in [0.4, 0.5) is 4.39 Å². The maximum absolute atomic E-state index is 13.8. The first-order valence-corrected chi connectivity index (χ1v) is 9.40. The number of rotatable bonds is 9. The van der Waals surface area contributed by atoms with Crippen molar-refractivity contribution >= 4 is 13.8 Å². The molecule has 1 aromatic carbocycles. The number of hydroxylamine groups is 1. The lowest BCUT2D eigenvalue weighted by atomic mass is 9.92. The van der Waals surface area contributed by atoms with Crippen LogP contribution in [0.1, 0.15) is 16.1 Å². The smallest absolute Gasteiger partial charge is 0.369 e. The highest BCUT2D eigenvalue weighted by molar-refractivity contribution is 6.13. The molecule has 34 heavy (non-hydrogen) atoms. The molecule has 0 spiro atoms. The number of aromatic nitrogens is 3. The van der Waals surface area contributed by atoms with Gasteiger partial charge in [-0.1, -0.05) is 0 Å². The maximum Gasteiger partial charge on any atom is 0.369 e. The molecule has 176 valence electrons. The van der Waals surface area contributed by atoms with Crippen LogP contribution in [0.3, 0.4) is 0 Å². The van der Waals surface area contributed by atoms with Gasteiger partial charge in [0.15, 0.2) is 7.85 Å². The summed E-state index contributed by atoms with van der Waals surface area (Å²) in [6, 6.07) is 6.61. The third-order valence-electron chi connectivity index (χ3n) is 4.27. The fourth-order valence-corrected chi connectivity index (χ4v) is 2.45. The molecule has 0 saturated heterocycles. The molecule has 0 aliphatic carbocycles. The van der Waals surface area contributed by atoms with Gasteiger partial charge in [0.2, 0.25) is 11.6 Å². The summed E-state index contributed by atoms with van der Waals surface area (Å²) in [5.74, 6) is -4.80. The normalized spacial score (nSPS) is 11.7. The van der Waals surface area contributed by atoms with Crippen molar-refractivity contribution in [2.45, 2.75) is 18.3 Å². The van der Waals surface area contributed by atoms with Crippen LogP contribution >= 0.6 is 0 Å². The Balaban J connectivity index is 1.65. The Morgan fingerprint density at radius 2 is 1.91 bits per heavy atom. The monoisotopic (exact) mass is 472 g/mol. The van der Waals surface area contributed by atoms with Crippen molar-refractivity contribution in [1.29, 1.82) is 0 Å². The topological polar surface area (TPSA) is 176 Å². The van der Waals surface area contributed by atoms with E-state index < -0.39 is 29.3 Å². The zero-order valence-electron chi connectivity index (χ0n) is 17.5. The fraction of sp³-hybridized carbons (Fsp3) is 0.200. The Bertz CT molecular complexity index is 1160. The highest BCUT2D eigenvalue weighted by Gasteiger charge is 2.45. The first kappa shape index (κ1) is 24.9. The van der Waals surface area contributed by atoms with Gasteiger partial charge in [-0.3, -0.25) is 14.6 Å². The molecule has 12 nitrogen and oxygen atoms in total. The predicted molar refractivity (Wildman–Crippen MR) is 111 cm³/mol. The summed E-state index contributed by atoms with van der Waals surface area (Å²) in [5, 5.41) is 37.0. The lowest BCUT2D eigenvalue weighted by molar-refractivity contribution is -0.402. The van der Waals surface area contributed by atoms with Crippen LogP contribution in [0.5, 0.6) is 11.6 Å². The Labute approximate surface area is 193 Å². The zero-order chi connectivity index (χ0) is 24.9. The number of hydrogen-bond donors (Lipinski definition) is 5. The molecule has 5 N–H and O–H groups in total. The summed E-state index contributed by atoms with van der Waals surface area (Å²) in [6.45, 7) is -0.268. The molecule has 0 aliphatic rings. The summed E-state index contributed by atoms with van der Waals surface area (Å²) in [7, 11) is 6.22. The molecule has 0 saturated carbocycles. The van der Waals surface area contributed by atoms with Crippen LogP contribution in [0.2, 0.25) is 0 Å². The van der Waals surface area contributed by atoms with Crippen molar-refractivity contribution in [1.82, 2.24) is 20.4 Å². The number of amides is 1. The van der Waals surface area contributed by atoms with E-state index in [2.05, 4.69) is 25.2 Å². The summed E-state index contributed by atoms with van der Waals surface area (Å²) >= 11 is 0. The average Bonchev–Trinajstić information content (AvgIpc) is 2.80. The fourth-order valence-electron chi connectivity index (χ4n) is 2.45. The standard InChI is InChI=1S/C20H18BFN4O8/c1-32-13-3-4-14(22)12(6-13)10-33-26-18(27)16-9-23-8-15(25-16)11-2-5-17(24-7-11)34-20(30,31)19(21,28)29/h2-9,28-31H,10H2,1H3,(H,26,27). The van der Waals surface area contributed by atoms with E-state index >= 15 is 0 Å². The summed E-state index contributed by atoms with van der Waals surface area (Å²) in [5.41, 5.74) is -0.730. The molecule has 2 heterocycles. The molecule has 0 fully saturated rings. The Morgan fingerprint density at radius 1 is 1.15 bits per heavy atom. The van der Waals surface area contributed by atoms with Crippen molar-refractivity contribution in [2.75, 3.05) is 7.11 Å². The van der Waals surface area contributed by atoms with Gasteiger partial charge in [0.05, 0.1) is 25.2 Å². The van der Waals surface area contributed by atoms with E-state index in [0.29, 0.717) is 11.3 Å². The Kier molecular flexibility index (Phi) is 7.39. The number of aliphatic hydroxyl groups is 4. The van der Waals surface area contributed by atoms with Crippen molar-refractivity contribution in [3.8, 4) is 22.9 Å². The number of pyridine rings is 1. The van der Waals surface area contributed by atoms with E-state index in [4.69, 9.17) is 27.6 Å². The van der Waals surface area contributed by atoms with Crippen LogP contribution in [-0.4, -0.2) is 67.9 Å². The van der Waals surface area contributed by atoms with Gasteiger partial charge in [-0.15, -0.1) is 0 Å². The third-order valence-corrected chi connectivity index (χ3v) is 4.27. The lowest BCUT2D eigenvalue weighted by Gasteiger charge is -2.31. The van der Waals surface area contributed by atoms with E-state index in [1.54, 1.807) is 0 Å². The van der Waals surface area contributed by atoms with Gasteiger partial charge in [0.25, 0.3) is 5.91 Å². The highest BCUT2D eigenvalue weighted by atomic mass is 19.1. The van der Waals surface area contributed by atoms with Crippen LogP contribution in [-0.2, 0) is 11.4 Å². The summed E-state index contributed by atoms with van der Waals surface area (Å²) in [6.07, 6.45) is 3.69. The van der Waals surface area contributed by atoms with Gasteiger partial charge in [0, 0.05) is 23.4 Å². The zero-order valence-corrected chi connectivity index (χ0v) is 17.5. The van der Waals surface area contributed by atoms with E-state index in [9.17, 15) is 19.4 Å². The molecule has 3 rings (SSSR count). The number of carbonyl (C=O) groups excluding carboxylic acids is 1. The van der Waals surface area contributed by atoms with Crippen LogP contribution < -0.4 is 15.0 Å². The first-order valence-electron chi connectivity index (χ1n) is 9.40. The molecular formula is C20H18BFN4O8. The number of methoxy groups -OCH3 is 1. The predicted octanol–water partition coefficient (Wildman–Crippen LogP) is -0.628.